The number of urea groups is 1. The largest absolute Gasteiger partial charge is 0.336 e. The van der Waals surface area contributed by atoms with Crippen LogP contribution in [-0.4, -0.2) is 71.8 Å². The molecule has 4 rings (SSSR count). The van der Waals surface area contributed by atoms with Crippen LogP contribution in [0, 0.1) is 0 Å². The Labute approximate surface area is 176 Å². The fourth-order valence-electron chi connectivity index (χ4n) is 3.93. The molecule has 0 atom stereocenters. The molecule has 2 heterocycles. The van der Waals surface area contributed by atoms with Crippen molar-refractivity contribution in [2.24, 2.45) is 0 Å². The highest BCUT2D eigenvalue weighted by Crippen LogP contribution is 2.17. The fraction of sp³-hybridized carbons (Fsp3) is 0.348. The van der Waals surface area contributed by atoms with Gasteiger partial charge in [-0.1, -0.05) is 48.5 Å². The Hall–Kier alpha value is -3.19. The van der Waals surface area contributed by atoms with Crippen LogP contribution >= 0.6 is 0 Å². The average molecular weight is 406 g/mol. The van der Waals surface area contributed by atoms with Crippen LogP contribution in [0.1, 0.15) is 21.5 Å². The Balaban J connectivity index is 1.35. The first kappa shape index (κ1) is 20.1. The van der Waals surface area contributed by atoms with E-state index in [0.717, 1.165) is 31.0 Å². The lowest BCUT2D eigenvalue weighted by molar-refractivity contribution is -0.125. The molecule has 2 aromatic rings. The molecule has 7 nitrogen and oxygen atoms in total. The van der Waals surface area contributed by atoms with Gasteiger partial charge in [0.2, 0.25) is 5.91 Å². The maximum atomic E-state index is 13.1. The number of nitrogens with one attached hydrogen (secondary N) is 1. The maximum Gasteiger partial charge on any atom is 0.324 e. The van der Waals surface area contributed by atoms with Crippen LogP contribution in [0.3, 0.4) is 0 Å². The van der Waals surface area contributed by atoms with E-state index in [2.05, 4.69) is 34.5 Å². The normalized spacial score (nSPS) is 17.3. The molecule has 2 aliphatic rings. The van der Waals surface area contributed by atoms with E-state index in [9.17, 15) is 14.4 Å². The van der Waals surface area contributed by atoms with Gasteiger partial charge in [-0.3, -0.25) is 19.4 Å². The zero-order valence-corrected chi connectivity index (χ0v) is 16.9. The summed E-state index contributed by atoms with van der Waals surface area (Å²) in [5.41, 5.74) is 2.58. The van der Waals surface area contributed by atoms with E-state index in [-0.39, 0.29) is 24.9 Å². The number of carbonyl (C=O) groups excluding carboxylic acids is 3. The SMILES string of the molecule is O=C(c1ccccc1CN1C(=O)CNC1=O)N1CCN(CCc2ccccc2)CC1. The van der Waals surface area contributed by atoms with Gasteiger partial charge >= 0.3 is 6.03 Å². The van der Waals surface area contributed by atoms with Crippen LogP contribution in [0.25, 0.3) is 0 Å². The Morgan fingerprint density at radius 3 is 2.30 bits per heavy atom. The highest BCUT2D eigenvalue weighted by Gasteiger charge is 2.30. The van der Waals surface area contributed by atoms with E-state index in [4.69, 9.17) is 0 Å². The highest BCUT2D eigenvalue weighted by atomic mass is 16.2. The van der Waals surface area contributed by atoms with E-state index in [1.165, 1.54) is 5.56 Å². The molecule has 1 N–H and O–H groups in total. The summed E-state index contributed by atoms with van der Waals surface area (Å²) in [6.07, 6.45) is 1.00. The van der Waals surface area contributed by atoms with Crippen molar-refractivity contribution in [3.05, 3.63) is 71.3 Å². The summed E-state index contributed by atoms with van der Waals surface area (Å²) in [6, 6.07) is 17.2. The van der Waals surface area contributed by atoms with Crippen molar-refractivity contribution in [3.8, 4) is 0 Å². The van der Waals surface area contributed by atoms with Crippen molar-refractivity contribution in [1.82, 2.24) is 20.0 Å². The smallest absolute Gasteiger partial charge is 0.324 e. The number of piperazine rings is 1. The molecule has 2 saturated heterocycles. The summed E-state index contributed by atoms with van der Waals surface area (Å²) in [5.74, 6) is -0.311. The van der Waals surface area contributed by atoms with Crippen LogP contribution in [0.15, 0.2) is 54.6 Å². The molecule has 4 amide bonds. The minimum Gasteiger partial charge on any atom is -0.336 e. The lowest BCUT2D eigenvalue weighted by atomic mass is 10.0. The van der Waals surface area contributed by atoms with Gasteiger partial charge < -0.3 is 10.2 Å². The van der Waals surface area contributed by atoms with E-state index >= 15 is 0 Å². The first-order valence-corrected chi connectivity index (χ1v) is 10.3. The molecule has 7 heteroatoms. The van der Waals surface area contributed by atoms with E-state index in [0.29, 0.717) is 24.2 Å². The van der Waals surface area contributed by atoms with Crippen molar-refractivity contribution in [3.63, 3.8) is 0 Å². The average Bonchev–Trinajstić information content (AvgIpc) is 3.11. The molecule has 0 spiro atoms. The molecule has 0 aliphatic carbocycles. The third kappa shape index (κ3) is 4.52. The van der Waals surface area contributed by atoms with Crippen molar-refractivity contribution in [2.75, 3.05) is 39.3 Å². The first-order valence-electron chi connectivity index (χ1n) is 10.3. The second kappa shape index (κ2) is 9.09. The lowest BCUT2D eigenvalue weighted by Gasteiger charge is -2.35. The number of benzene rings is 2. The van der Waals surface area contributed by atoms with Crippen LogP contribution < -0.4 is 5.32 Å². The zero-order chi connectivity index (χ0) is 20.9. The van der Waals surface area contributed by atoms with Gasteiger partial charge in [-0.05, 0) is 23.6 Å². The topological polar surface area (TPSA) is 73.0 Å². The highest BCUT2D eigenvalue weighted by molar-refractivity contribution is 6.02. The number of nitrogens with zero attached hydrogens (tertiary/aromatic N) is 3. The molecule has 0 saturated carbocycles. The zero-order valence-electron chi connectivity index (χ0n) is 16.9. The molecule has 2 aliphatic heterocycles. The lowest BCUT2D eigenvalue weighted by Crippen LogP contribution is -2.49. The predicted molar refractivity (Wildman–Crippen MR) is 113 cm³/mol. The van der Waals surface area contributed by atoms with Gasteiger partial charge in [-0.25, -0.2) is 4.79 Å². The molecule has 2 aromatic carbocycles. The Kier molecular flexibility index (Phi) is 6.09. The van der Waals surface area contributed by atoms with E-state index < -0.39 is 6.03 Å². The molecule has 0 radical (unpaired) electrons. The van der Waals surface area contributed by atoms with Gasteiger partial charge in [0.15, 0.2) is 0 Å². The van der Waals surface area contributed by atoms with Gasteiger partial charge in [0.05, 0.1) is 13.1 Å². The molecule has 0 bridgehead atoms. The molecule has 0 unspecified atom stereocenters. The maximum absolute atomic E-state index is 13.1. The molecule has 2 fully saturated rings. The van der Waals surface area contributed by atoms with Crippen molar-refractivity contribution >= 4 is 17.8 Å². The third-order valence-corrected chi connectivity index (χ3v) is 5.73. The number of imide groups is 1. The second-order valence-electron chi connectivity index (χ2n) is 7.67. The number of hydrogen-bond acceptors (Lipinski definition) is 4. The Bertz CT molecular complexity index is 907. The third-order valence-electron chi connectivity index (χ3n) is 5.73. The van der Waals surface area contributed by atoms with Crippen LogP contribution in [0.5, 0.6) is 0 Å². The summed E-state index contributed by atoms with van der Waals surface area (Å²) >= 11 is 0. The molecular weight excluding hydrogens is 380 g/mol. The summed E-state index contributed by atoms with van der Waals surface area (Å²) in [6.45, 7) is 4.13. The molecule has 156 valence electrons. The summed E-state index contributed by atoms with van der Waals surface area (Å²) in [5, 5.41) is 2.52. The van der Waals surface area contributed by atoms with Gasteiger partial charge in [-0.15, -0.1) is 0 Å². The monoisotopic (exact) mass is 406 g/mol. The van der Waals surface area contributed by atoms with Gasteiger partial charge in [0.1, 0.15) is 0 Å². The van der Waals surface area contributed by atoms with Crippen LogP contribution in [-0.2, 0) is 17.8 Å². The summed E-state index contributed by atoms with van der Waals surface area (Å²) in [4.78, 5) is 42.3. The minimum atomic E-state index is -0.408. The van der Waals surface area contributed by atoms with Crippen LogP contribution in [0.2, 0.25) is 0 Å². The minimum absolute atomic E-state index is 0.0138. The summed E-state index contributed by atoms with van der Waals surface area (Å²) in [7, 11) is 0. The summed E-state index contributed by atoms with van der Waals surface area (Å²) < 4.78 is 0. The van der Waals surface area contributed by atoms with Crippen molar-refractivity contribution in [1.29, 1.82) is 0 Å². The fourth-order valence-corrected chi connectivity index (χ4v) is 3.93. The number of hydrogen-bond donors (Lipinski definition) is 1. The Morgan fingerprint density at radius 2 is 1.60 bits per heavy atom. The molecular formula is C23H26N4O3. The number of amides is 4. The van der Waals surface area contributed by atoms with Gasteiger partial charge in [0.25, 0.3) is 5.91 Å². The van der Waals surface area contributed by atoms with E-state index in [1.54, 1.807) is 6.07 Å². The van der Waals surface area contributed by atoms with Crippen molar-refractivity contribution < 1.29 is 14.4 Å². The van der Waals surface area contributed by atoms with Gasteiger partial charge in [0, 0.05) is 38.3 Å². The van der Waals surface area contributed by atoms with Crippen molar-refractivity contribution in [2.45, 2.75) is 13.0 Å². The molecule has 30 heavy (non-hydrogen) atoms. The first-order chi connectivity index (χ1) is 14.6. The quantitative estimate of drug-likeness (QED) is 0.742. The molecule has 0 aromatic heterocycles. The number of rotatable bonds is 6. The van der Waals surface area contributed by atoms with Gasteiger partial charge in [-0.2, -0.15) is 0 Å². The predicted octanol–water partition coefficient (Wildman–Crippen LogP) is 1.74. The number of carbonyl (C=O) groups is 3. The second-order valence-corrected chi connectivity index (χ2v) is 7.67. The van der Waals surface area contributed by atoms with E-state index in [1.807, 2.05) is 29.2 Å². The standard InChI is InChI=1S/C23H26N4O3/c28-21-16-24-23(30)27(21)17-19-8-4-5-9-20(19)22(29)26-14-12-25(13-15-26)11-10-18-6-2-1-3-7-18/h1-9H,10-17H2,(H,24,30). The van der Waals surface area contributed by atoms with Crippen LogP contribution in [0.4, 0.5) is 4.79 Å². The Morgan fingerprint density at radius 1 is 0.900 bits per heavy atom.